The molecule has 0 fully saturated rings. The predicted molar refractivity (Wildman–Crippen MR) is 63.9 cm³/mol. The van der Waals surface area contributed by atoms with E-state index < -0.39 is 30.4 Å². The highest BCUT2D eigenvalue weighted by molar-refractivity contribution is 5.87. The maximum absolute atomic E-state index is 11.7. The van der Waals surface area contributed by atoms with Crippen LogP contribution < -0.4 is 11.1 Å². The zero-order valence-electron chi connectivity index (χ0n) is 10.3. The predicted octanol–water partition coefficient (Wildman–Crippen LogP) is -0.250. The van der Waals surface area contributed by atoms with E-state index >= 15 is 0 Å². The summed E-state index contributed by atoms with van der Waals surface area (Å²) in [5, 5.41) is 11.1. The second-order valence-electron chi connectivity index (χ2n) is 4.00. The molecule has 1 unspecified atom stereocenters. The van der Waals surface area contributed by atoms with Crippen LogP contribution in [0.15, 0.2) is 23.0 Å². The number of carbonyl (C=O) groups is 3. The minimum absolute atomic E-state index is 0.255. The van der Waals surface area contributed by atoms with Gasteiger partial charge in [-0.15, -0.1) is 0 Å². The average Bonchev–Trinajstić information content (AvgIpc) is 2.79. The van der Waals surface area contributed by atoms with Crippen LogP contribution in [0.1, 0.15) is 12.0 Å². The highest BCUT2D eigenvalue weighted by Gasteiger charge is 2.23. The van der Waals surface area contributed by atoms with Gasteiger partial charge in [-0.2, -0.15) is 0 Å². The Morgan fingerprint density at radius 3 is 2.68 bits per heavy atom. The number of nitrogens with one attached hydrogen (secondary N) is 1. The number of hydrogen-bond donors (Lipinski definition) is 3. The van der Waals surface area contributed by atoms with Crippen molar-refractivity contribution in [1.29, 1.82) is 0 Å². The molecule has 8 nitrogen and oxygen atoms in total. The summed E-state index contributed by atoms with van der Waals surface area (Å²) in [6.45, 7) is 0.255. The van der Waals surface area contributed by atoms with E-state index in [0.717, 1.165) is 5.56 Å². The van der Waals surface area contributed by atoms with Crippen LogP contribution in [0.2, 0.25) is 0 Å². The van der Waals surface area contributed by atoms with E-state index in [1.54, 1.807) is 6.07 Å². The fraction of sp³-hybridized carbons (Fsp3) is 0.364. The summed E-state index contributed by atoms with van der Waals surface area (Å²) in [6.07, 6.45) is 2.48. The van der Waals surface area contributed by atoms with Crippen molar-refractivity contribution in [3.63, 3.8) is 0 Å². The SMILES string of the molecule is CN(Cc1ccoc1)C(=O)NC(CC(N)=O)C(=O)O. The van der Waals surface area contributed by atoms with Crippen LogP contribution in [0.4, 0.5) is 4.79 Å². The second-order valence-corrected chi connectivity index (χ2v) is 4.00. The quantitative estimate of drug-likeness (QED) is 0.656. The van der Waals surface area contributed by atoms with Crippen LogP contribution in [0.25, 0.3) is 0 Å². The first-order valence-electron chi connectivity index (χ1n) is 5.44. The number of aliphatic carboxylic acids is 1. The molecule has 1 heterocycles. The topological polar surface area (TPSA) is 126 Å². The van der Waals surface area contributed by atoms with Gasteiger partial charge in [-0.1, -0.05) is 0 Å². The van der Waals surface area contributed by atoms with Gasteiger partial charge in [-0.05, 0) is 6.07 Å². The highest BCUT2D eigenvalue weighted by Crippen LogP contribution is 2.04. The lowest BCUT2D eigenvalue weighted by Crippen LogP contribution is -2.47. The molecule has 0 saturated heterocycles. The number of amides is 3. The van der Waals surface area contributed by atoms with Crippen LogP contribution in [-0.2, 0) is 16.1 Å². The molecule has 3 amide bonds. The summed E-state index contributed by atoms with van der Waals surface area (Å²) in [4.78, 5) is 34.6. The fourth-order valence-corrected chi connectivity index (χ4v) is 1.39. The molecule has 0 bridgehead atoms. The maximum Gasteiger partial charge on any atom is 0.326 e. The van der Waals surface area contributed by atoms with Gasteiger partial charge in [0.05, 0.1) is 25.5 Å². The summed E-state index contributed by atoms with van der Waals surface area (Å²) in [5.41, 5.74) is 5.68. The van der Waals surface area contributed by atoms with Crippen LogP contribution >= 0.6 is 0 Å². The number of primary amides is 1. The Labute approximate surface area is 109 Å². The number of carbonyl (C=O) groups excluding carboxylic acids is 2. The molecule has 104 valence electrons. The van der Waals surface area contributed by atoms with Gasteiger partial charge < -0.3 is 25.5 Å². The molecule has 19 heavy (non-hydrogen) atoms. The second kappa shape index (κ2) is 6.43. The van der Waals surface area contributed by atoms with Crippen molar-refractivity contribution in [1.82, 2.24) is 10.2 Å². The normalized spacial score (nSPS) is 11.6. The van der Waals surface area contributed by atoms with Crippen molar-refractivity contribution in [2.24, 2.45) is 5.73 Å². The summed E-state index contributed by atoms with van der Waals surface area (Å²) >= 11 is 0. The Balaban J connectivity index is 2.56. The van der Waals surface area contributed by atoms with Gasteiger partial charge >= 0.3 is 12.0 Å². The third kappa shape index (κ3) is 4.70. The highest BCUT2D eigenvalue weighted by atomic mass is 16.4. The van der Waals surface area contributed by atoms with Crippen LogP contribution in [-0.4, -0.2) is 41.0 Å². The van der Waals surface area contributed by atoms with Crippen molar-refractivity contribution in [2.45, 2.75) is 19.0 Å². The number of nitrogens with zero attached hydrogens (tertiary/aromatic N) is 1. The first kappa shape index (κ1) is 14.6. The molecule has 1 aromatic rings. The standard InChI is InChI=1S/C11H15N3O5/c1-14(5-7-2-3-19-6-7)11(18)13-8(10(16)17)4-9(12)15/h2-3,6,8H,4-5H2,1H3,(H2,12,15)(H,13,18)(H,16,17). The van der Waals surface area contributed by atoms with E-state index in [0.29, 0.717) is 0 Å². The monoisotopic (exact) mass is 269 g/mol. The first-order chi connectivity index (χ1) is 8.90. The number of rotatable bonds is 6. The van der Waals surface area contributed by atoms with Gasteiger partial charge in [-0.3, -0.25) is 4.79 Å². The maximum atomic E-state index is 11.7. The third-order valence-electron chi connectivity index (χ3n) is 2.35. The number of nitrogens with two attached hydrogens (primary N) is 1. The molecule has 8 heteroatoms. The van der Waals surface area contributed by atoms with Crippen molar-refractivity contribution in [2.75, 3.05) is 7.05 Å². The van der Waals surface area contributed by atoms with E-state index in [-0.39, 0.29) is 6.54 Å². The summed E-state index contributed by atoms with van der Waals surface area (Å²) in [6, 6.07) is -0.270. The van der Waals surface area contributed by atoms with Gasteiger partial charge in [0.25, 0.3) is 0 Å². The fourth-order valence-electron chi connectivity index (χ4n) is 1.39. The number of hydrogen-bond acceptors (Lipinski definition) is 4. The zero-order chi connectivity index (χ0) is 14.4. The lowest BCUT2D eigenvalue weighted by atomic mass is 10.2. The minimum Gasteiger partial charge on any atom is -0.480 e. The van der Waals surface area contributed by atoms with Gasteiger partial charge in [-0.25, -0.2) is 9.59 Å². The summed E-state index contributed by atoms with van der Waals surface area (Å²) < 4.78 is 4.85. The van der Waals surface area contributed by atoms with Crippen LogP contribution in [0.5, 0.6) is 0 Å². The smallest absolute Gasteiger partial charge is 0.326 e. The molecular formula is C11H15N3O5. The number of carboxylic acids is 1. The average molecular weight is 269 g/mol. The van der Waals surface area contributed by atoms with Crippen molar-refractivity contribution in [3.8, 4) is 0 Å². The molecule has 0 radical (unpaired) electrons. The zero-order valence-corrected chi connectivity index (χ0v) is 10.3. The molecule has 0 aromatic carbocycles. The van der Waals surface area contributed by atoms with Crippen molar-refractivity contribution >= 4 is 17.9 Å². The molecule has 0 aliphatic heterocycles. The van der Waals surface area contributed by atoms with E-state index in [4.69, 9.17) is 15.3 Å². The summed E-state index contributed by atoms with van der Waals surface area (Å²) in [7, 11) is 1.49. The van der Waals surface area contributed by atoms with E-state index in [1.165, 1.54) is 24.5 Å². The molecule has 0 aliphatic rings. The molecule has 1 aromatic heterocycles. The van der Waals surface area contributed by atoms with Gasteiger partial charge in [0, 0.05) is 12.6 Å². The first-order valence-corrected chi connectivity index (χ1v) is 5.44. The Morgan fingerprint density at radius 2 is 2.21 bits per heavy atom. The number of urea groups is 1. The van der Waals surface area contributed by atoms with Crippen molar-refractivity contribution in [3.05, 3.63) is 24.2 Å². The van der Waals surface area contributed by atoms with Crippen LogP contribution in [0.3, 0.4) is 0 Å². The number of carboxylic acid groups (broad SMARTS) is 1. The number of furan rings is 1. The molecule has 0 saturated carbocycles. The minimum atomic E-state index is -1.34. The Hall–Kier alpha value is -2.51. The Bertz CT molecular complexity index is 457. The van der Waals surface area contributed by atoms with Crippen molar-refractivity contribution < 1.29 is 23.9 Å². The molecule has 0 spiro atoms. The largest absolute Gasteiger partial charge is 0.480 e. The molecular weight excluding hydrogens is 254 g/mol. The molecule has 1 atom stereocenters. The van der Waals surface area contributed by atoms with E-state index in [9.17, 15) is 14.4 Å². The van der Waals surface area contributed by atoms with Gasteiger partial charge in [0.1, 0.15) is 6.04 Å². The third-order valence-corrected chi connectivity index (χ3v) is 2.35. The Morgan fingerprint density at radius 1 is 1.53 bits per heavy atom. The molecule has 1 rings (SSSR count). The molecule has 0 aliphatic carbocycles. The lowest BCUT2D eigenvalue weighted by Gasteiger charge is -2.20. The van der Waals surface area contributed by atoms with Gasteiger partial charge in [0.15, 0.2) is 0 Å². The molecule has 4 N–H and O–H groups in total. The Kier molecular flexibility index (Phi) is 4.92. The summed E-state index contributed by atoms with van der Waals surface area (Å²) in [5.74, 6) is -2.12. The van der Waals surface area contributed by atoms with E-state index in [2.05, 4.69) is 5.32 Å². The van der Waals surface area contributed by atoms with E-state index in [1.807, 2.05) is 0 Å². The van der Waals surface area contributed by atoms with Gasteiger partial charge in [0.2, 0.25) is 5.91 Å². The van der Waals surface area contributed by atoms with Crippen LogP contribution in [0, 0.1) is 0 Å². The lowest BCUT2D eigenvalue weighted by molar-refractivity contribution is -0.140.